The fraction of sp³-hybridized carbons (Fsp3) is 0.625. The van der Waals surface area contributed by atoms with E-state index in [1.54, 1.807) is 48.5 Å². The predicted molar refractivity (Wildman–Crippen MR) is 164 cm³/mol. The highest BCUT2D eigenvalue weighted by molar-refractivity contribution is 6.74. The summed E-state index contributed by atoms with van der Waals surface area (Å²) >= 11 is 0. The summed E-state index contributed by atoms with van der Waals surface area (Å²) in [7, 11) is -2.36. The van der Waals surface area contributed by atoms with Crippen LogP contribution in [0.15, 0.2) is 24.3 Å². The number of nitrogens with zero attached hydrogens (tertiary/aromatic N) is 1. The maximum atomic E-state index is 13.5. The van der Waals surface area contributed by atoms with Crippen LogP contribution in [0.4, 0.5) is 0 Å². The van der Waals surface area contributed by atoms with Gasteiger partial charge in [0.2, 0.25) is 12.7 Å². The molecule has 0 N–H and O–H groups in total. The number of amides is 2. The molecule has 12 heteroatoms. The minimum Gasteiger partial charge on any atom is -0.456 e. The minimum absolute atomic E-state index is 0.169. The molecule has 3 atom stereocenters. The molecule has 0 bridgehead atoms. The highest BCUT2D eigenvalue weighted by Crippen LogP contribution is 2.41. The number of Topliss-reactive ketones (excluding diaryl/α,β-unsaturated/α-hetero) is 1. The summed E-state index contributed by atoms with van der Waals surface area (Å²) < 4.78 is 21.6. The van der Waals surface area contributed by atoms with Crippen molar-refractivity contribution in [2.75, 3.05) is 6.79 Å². The van der Waals surface area contributed by atoms with Crippen LogP contribution in [0, 0.1) is 11.3 Å². The number of hydrogen-bond acceptors (Lipinski definition) is 10. The lowest BCUT2D eigenvalue weighted by Gasteiger charge is -2.49. The molecule has 1 aliphatic rings. The fourth-order valence-electron chi connectivity index (χ4n) is 4.24. The Morgan fingerprint density at radius 1 is 0.909 bits per heavy atom. The van der Waals surface area contributed by atoms with Gasteiger partial charge in [0.25, 0.3) is 0 Å². The van der Waals surface area contributed by atoms with Crippen molar-refractivity contribution >= 4 is 43.8 Å². The van der Waals surface area contributed by atoms with Crippen LogP contribution in [0.1, 0.15) is 96.4 Å². The number of imide groups is 1. The number of benzene rings is 1. The Labute approximate surface area is 261 Å². The quantitative estimate of drug-likeness (QED) is 0.0903. The second kappa shape index (κ2) is 13.3. The lowest BCUT2D eigenvalue weighted by Crippen LogP contribution is -2.68. The second-order valence-corrected chi connectivity index (χ2v) is 19.4. The smallest absolute Gasteiger partial charge is 0.400 e. The molecule has 0 unspecified atom stereocenters. The first kappa shape index (κ1) is 36.8. The van der Waals surface area contributed by atoms with Crippen molar-refractivity contribution < 1.29 is 47.4 Å². The molecule has 1 aromatic rings. The molecule has 2 rings (SSSR count). The van der Waals surface area contributed by atoms with Gasteiger partial charge in [-0.15, -0.1) is 0 Å². The molecule has 0 radical (unpaired) electrons. The van der Waals surface area contributed by atoms with Gasteiger partial charge in [-0.1, -0.05) is 32.9 Å². The number of rotatable bonds is 9. The van der Waals surface area contributed by atoms with Gasteiger partial charge in [0.15, 0.2) is 14.1 Å². The SMILES string of the molecule is C[C@@H](O[Si](C)(C)C(C)(C)C)[C@H]1C(=O)N(C(=O)C(=O)OCOC(=O)C(C)(C)C)[C@@H]1CC(=O)c1cccc(C(=O)OC(C)(C)C)c1. The van der Waals surface area contributed by atoms with Crippen molar-refractivity contribution in [3.05, 3.63) is 35.4 Å². The van der Waals surface area contributed by atoms with E-state index < -0.39 is 79.7 Å². The number of β-lactam (4-membered cyclic amide) rings is 1. The zero-order chi connectivity index (χ0) is 34.0. The zero-order valence-corrected chi connectivity index (χ0v) is 29.0. The molecular weight excluding hydrogens is 586 g/mol. The Kier molecular flexibility index (Phi) is 11.1. The van der Waals surface area contributed by atoms with E-state index in [9.17, 15) is 28.8 Å². The van der Waals surface area contributed by atoms with E-state index in [2.05, 4.69) is 0 Å². The van der Waals surface area contributed by atoms with E-state index in [0.29, 0.717) is 4.90 Å². The molecule has 0 saturated carbocycles. The number of likely N-dealkylation sites (tertiary alicyclic amines) is 1. The van der Waals surface area contributed by atoms with Crippen LogP contribution in [0.5, 0.6) is 0 Å². The molecule has 0 spiro atoms. The summed E-state index contributed by atoms with van der Waals surface area (Å²) in [5.41, 5.74) is -1.25. The number of carbonyl (C=O) groups excluding carboxylic acids is 6. The molecule has 44 heavy (non-hydrogen) atoms. The third-order valence-corrected chi connectivity index (χ3v) is 12.2. The van der Waals surface area contributed by atoms with Gasteiger partial charge in [-0.2, -0.15) is 0 Å². The van der Waals surface area contributed by atoms with Gasteiger partial charge in [0.05, 0.1) is 29.0 Å². The van der Waals surface area contributed by atoms with Gasteiger partial charge in [-0.05, 0) is 78.7 Å². The number of ketones is 1. The first-order chi connectivity index (χ1) is 19.9. The average Bonchev–Trinajstić information content (AvgIpc) is 2.85. The zero-order valence-electron chi connectivity index (χ0n) is 28.0. The Morgan fingerprint density at radius 3 is 2.00 bits per heavy atom. The van der Waals surface area contributed by atoms with Gasteiger partial charge < -0.3 is 18.6 Å². The van der Waals surface area contributed by atoms with E-state index in [4.69, 9.17) is 18.6 Å². The molecule has 1 aliphatic heterocycles. The topological polar surface area (TPSA) is 143 Å². The van der Waals surface area contributed by atoms with E-state index in [0.717, 1.165) is 0 Å². The first-order valence-corrected chi connectivity index (χ1v) is 17.5. The van der Waals surface area contributed by atoms with Crippen LogP contribution in [0.2, 0.25) is 18.1 Å². The summed E-state index contributed by atoms with van der Waals surface area (Å²) in [6.45, 7) is 21.1. The van der Waals surface area contributed by atoms with Crippen molar-refractivity contribution in [2.24, 2.45) is 11.3 Å². The number of carbonyl (C=O) groups is 6. The minimum atomic E-state index is -2.36. The van der Waals surface area contributed by atoms with Crippen LogP contribution in [-0.2, 0) is 37.8 Å². The maximum absolute atomic E-state index is 13.5. The Bertz CT molecular complexity index is 1300. The standard InChI is InChI=1S/C32H47NO10Si/c1-19(43-44(11,12)32(8,9)10)24-22(17-23(34)20-14-13-15-21(16-20)27(37)42-31(5,6)7)33(25(24)35)26(36)28(38)40-18-41-29(39)30(2,3)4/h13-16,19,22,24H,17-18H2,1-12H3/t19-,22-,24-/m1/s1. The Balaban J connectivity index is 2.32. The van der Waals surface area contributed by atoms with Crippen LogP contribution < -0.4 is 0 Å². The first-order valence-electron chi connectivity index (χ1n) is 14.6. The number of hydrogen-bond donors (Lipinski definition) is 0. The molecular formula is C32H47NO10Si. The molecule has 2 amide bonds. The largest absolute Gasteiger partial charge is 0.456 e. The normalized spacial score (nSPS) is 18.2. The van der Waals surface area contributed by atoms with Crippen LogP contribution in [0.25, 0.3) is 0 Å². The molecule has 1 saturated heterocycles. The van der Waals surface area contributed by atoms with Crippen molar-refractivity contribution in [1.29, 1.82) is 0 Å². The molecule has 0 aliphatic carbocycles. The summed E-state index contributed by atoms with van der Waals surface area (Å²) in [5, 5.41) is -0.175. The van der Waals surface area contributed by atoms with Gasteiger partial charge in [0.1, 0.15) is 5.60 Å². The molecule has 244 valence electrons. The summed E-state index contributed by atoms with van der Waals surface area (Å²) in [6, 6.07) is 4.96. The van der Waals surface area contributed by atoms with Crippen LogP contribution in [-0.4, -0.2) is 73.3 Å². The summed E-state index contributed by atoms with van der Waals surface area (Å²) in [5.74, 6) is -5.96. The van der Waals surface area contributed by atoms with E-state index in [-0.39, 0.29) is 22.6 Å². The summed E-state index contributed by atoms with van der Waals surface area (Å²) in [6.07, 6.45) is -0.987. The van der Waals surface area contributed by atoms with E-state index >= 15 is 0 Å². The third-order valence-electron chi connectivity index (χ3n) is 7.66. The van der Waals surface area contributed by atoms with E-state index in [1.165, 1.54) is 24.3 Å². The number of ether oxygens (including phenoxy) is 3. The summed E-state index contributed by atoms with van der Waals surface area (Å²) in [4.78, 5) is 77.9. The maximum Gasteiger partial charge on any atom is 0.400 e. The molecule has 0 aromatic heterocycles. The number of esters is 3. The second-order valence-electron chi connectivity index (χ2n) is 14.6. The van der Waals surface area contributed by atoms with Crippen LogP contribution in [0.3, 0.4) is 0 Å². The molecule has 1 heterocycles. The van der Waals surface area contributed by atoms with Crippen molar-refractivity contribution in [1.82, 2.24) is 4.90 Å². The highest BCUT2D eigenvalue weighted by Gasteiger charge is 2.56. The van der Waals surface area contributed by atoms with Crippen molar-refractivity contribution in [2.45, 2.75) is 112 Å². The lowest BCUT2D eigenvalue weighted by atomic mass is 9.79. The van der Waals surface area contributed by atoms with Crippen LogP contribution >= 0.6 is 0 Å². The molecule has 1 aromatic carbocycles. The monoisotopic (exact) mass is 633 g/mol. The van der Waals surface area contributed by atoms with Crippen molar-refractivity contribution in [3.8, 4) is 0 Å². The van der Waals surface area contributed by atoms with Crippen molar-refractivity contribution in [3.63, 3.8) is 0 Å². The average molecular weight is 634 g/mol. The Morgan fingerprint density at radius 2 is 1.48 bits per heavy atom. The predicted octanol–water partition coefficient (Wildman–Crippen LogP) is 5.07. The lowest BCUT2D eigenvalue weighted by molar-refractivity contribution is -0.186. The Hall–Kier alpha value is -3.38. The van der Waals surface area contributed by atoms with Gasteiger partial charge in [-0.25, -0.2) is 9.59 Å². The van der Waals surface area contributed by atoms with Gasteiger partial charge in [-0.3, -0.25) is 24.1 Å². The van der Waals surface area contributed by atoms with Gasteiger partial charge >= 0.3 is 23.8 Å². The molecule has 1 fully saturated rings. The van der Waals surface area contributed by atoms with E-state index in [1.807, 2.05) is 33.9 Å². The highest BCUT2D eigenvalue weighted by atomic mass is 28.4. The third kappa shape index (κ3) is 9.07. The molecule has 11 nitrogen and oxygen atoms in total. The van der Waals surface area contributed by atoms with Gasteiger partial charge in [0, 0.05) is 12.0 Å². The fourth-order valence-corrected chi connectivity index (χ4v) is 5.67.